The van der Waals surface area contributed by atoms with Crippen molar-refractivity contribution >= 4 is 46.1 Å². The number of likely N-dealkylation sites (N-methyl/N-ethyl adjacent to an activating group) is 3. The van der Waals surface area contributed by atoms with E-state index in [9.17, 15) is 14.7 Å². The van der Waals surface area contributed by atoms with Gasteiger partial charge in [-0.3, -0.25) is 14.5 Å². The van der Waals surface area contributed by atoms with Crippen LogP contribution in [-0.4, -0.2) is 77.9 Å². The first kappa shape index (κ1) is 28.8. The van der Waals surface area contributed by atoms with Crippen molar-refractivity contribution in [2.45, 2.75) is 50.3 Å². The first-order chi connectivity index (χ1) is 21.2. The van der Waals surface area contributed by atoms with Crippen molar-refractivity contribution in [3.8, 4) is 0 Å². The lowest BCUT2D eigenvalue weighted by Gasteiger charge is -2.37. The molecule has 228 valence electrons. The Kier molecular flexibility index (Phi) is 7.31. The number of aliphatic hydroxyl groups excluding tert-OH is 1. The van der Waals surface area contributed by atoms with Crippen LogP contribution in [0.1, 0.15) is 73.9 Å². The van der Waals surface area contributed by atoms with Crippen molar-refractivity contribution < 1.29 is 14.7 Å². The van der Waals surface area contributed by atoms with Crippen molar-refractivity contribution in [1.29, 1.82) is 0 Å². The van der Waals surface area contributed by atoms with Gasteiger partial charge in [-0.25, -0.2) is 4.99 Å². The molecule has 3 aromatic rings. The maximum atomic E-state index is 13.3. The number of amidine groups is 1. The van der Waals surface area contributed by atoms with E-state index in [1.807, 2.05) is 69.7 Å². The Labute approximate surface area is 261 Å². The fourth-order valence-corrected chi connectivity index (χ4v) is 8.33. The Morgan fingerprint density at radius 1 is 1.05 bits per heavy atom. The van der Waals surface area contributed by atoms with Gasteiger partial charge in [-0.05, 0) is 86.0 Å². The summed E-state index contributed by atoms with van der Waals surface area (Å²) in [5, 5.41) is 17.4. The molecule has 44 heavy (non-hydrogen) atoms. The molecule has 2 fully saturated rings. The molecule has 0 spiro atoms. The number of hydrogen-bond donors (Lipinski definition) is 3. The minimum absolute atomic E-state index is 0.0729. The Morgan fingerprint density at radius 2 is 1.82 bits per heavy atom. The molecule has 4 unspecified atom stereocenters. The average molecular weight is 611 g/mol. The summed E-state index contributed by atoms with van der Waals surface area (Å²) in [5.74, 6) is 1.67. The lowest BCUT2D eigenvalue weighted by molar-refractivity contribution is -0.139. The van der Waals surface area contributed by atoms with E-state index >= 15 is 0 Å². The van der Waals surface area contributed by atoms with Gasteiger partial charge in [-0.1, -0.05) is 24.3 Å². The Bertz CT molecular complexity index is 1670. The molecule has 0 radical (unpaired) electrons. The Morgan fingerprint density at radius 3 is 2.59 bits per heavy atom. The van der Waals surface area contributed by atoms with Crippen LogP contribution < -0.4 is 10.6 Å². The highest BCUT2D eigenvalue weighted by Crippen LogP contribution is 2.56. The molecule has 2 amide bonds. The highest BCUT2D eigenvalue weighted by molar-refractivity contribution is 7.14. The summed E-state index contributed by atoms with van der Waals surface area (Å²) in [6.07, 6.45) is 4.60. The monoisotopic (exact) mass is 610 g/mol. The number of hydrogen-bond acceptors (Lipinski definition) is 8. The molecule has 1 saturated carbocycles. The number of fused-ring (bicyclic) bond motifs is 5. The molecule has 7 rings (SSSR count). The molecule has 3 heterocycles. The number of carbonyl (C=O) groups is 2. The van der Waals surface area contributed by atoms with Gasteiger partial charge in [-0.2, -0.15) is 0 Å². The van der Waals surface area contributed by atoms with Crippen LogP contribution in [-0.2, 0) is 4.79 Å². The zero-order chi connectivity index (χ0) is 30.7. The average Bonchev–Trinajstić information content (AvgIpc) is 3.74. The van der Waals surface area contributed by atoms with Crippen LogP contribution in [0.15, 0.2) is 59.7 Å². The van der Waals surface area contributed by atoms with Gasteiger partial charge in [0.05, 0.1) is 10.6 Å². The number of nitrogens with one attached hydrogen (secondary N) is 2. The van der Waals surface area contributed by atoms with E-state index in [1.165, 1.54) is 29.7 Å². The third-order valence-electron chi connectivity index (χ3n) is 9.65. The molecule has 2 aromatic carbocycles. The number of rotatable bonds is 5. The molecule has 10 heteroatoms. The predicted molar refractivity (Wildman–Crippen MR) is 175 cm³/mol. The number of amides is 2. The number of aliphatic hydroxyl groups is 1. The van der Waals surface area contributed by atoms with Crippen LogP contribution in [0.5, 0.6) is 0 Å². The van der Waals surface area contributed by atoms with E-state index < -0.39 is 6.23 Å². The molecule has 1 saturated heterocycles. The molecule has 4 atom stereocenters. The van der Waals surface area contributed by atoms with Crippen LogP contribution in [0, 0.1) is 6.92 Å². The fourth-order valence-electron chi connectivity index (χ4n) is 7.04. The summed E-state index contributed by atoms with van der Waals surface area (Å²) in [5.41, 5.74) is 6.26. The molecular formula is C34H38N6O3S. The van der Waals surface area contributed by atoms with E-state index in [2.05, 4.69) is 21.6 Å². The second kappa shape index (κ2) is 11.2. The van der Waals surface area contributed by atoms with Gasteiger partial charge in [0.15, 0.2) is 12.1 Å². The van der Waals surface area contributed by atoms with Crippen molar-refractivity contribution in [3.05, 3.63) is 86.7 Å². The smallest absolute Gasteiger partial charge is 0.265 e. The van der Waals surface area contributed by atoms with Crippen molar-refractivity contribution in [3.63, 3.8) is 0 Å². The van der Waals surface area contributed by atoms with Crippen LogP contribution in [0.3, 0.4) is 0 Å². The fraction of sp³-hybridized carbons (Fsp3) is 0.382. The number of carbonyl (C=O) groups excluding carboxylic acids is 2. The van der Waals surface area contributed by atoms with Gasteiger partial charge in [0.1, 0.15) is 6.04 Å². The second-order valence-electron chi connectivity index (χ2n) is 12.5. The zero-order valence-corrected chi connectivity index (χ0v) is 26.3. The highest BCUT2D eigenvalue weighted by Gasteiger charge is 2.39. The largest absolute Gasteiger partial charge is 0.367 e. The minimum atomic E-state index is -0.961. The standard InChI is InChI=1S/C34H38N6O3S/c1-19-24(6-5-7-26(19)37-32(41)28-17-25-21-8-9-22(16-21)30(25)44-28)27-18-40(4)34(43)31(36-27)35-23-12-10-20(11-13-23)29-33(42)39(3)15-14-38(29)2/h5-7,10-13,17-18,21-22,29,34,43H,8-9,14-16H2,1-4H3,(H,35,36)(H,37,41). The third kappa shape index (κ3) is 5.00. The molecule has 2 aliphatic carbocycles. The number of piperazine rings is 1. The molecule has 9 nitrogen and oxygen atoms in total. The van der Waals surface area contributed by atoms with Crippen molar-refractivity contribution in [2.75, 3.05) is 44.9 Å². The number of anilines is 2. The summed E-state index contributed by atoms with van der Waals surface area (Å²) >= 11 is 1.65. The first-order valence-corrected chi connectivity index (χ1v) is 16.1. The van der Waals surface area contributed by atoms with Crippen LogP contribution in [0.25, 0.3) is 5.70 Å². The zero-order valence-electron chi connectivity index (χ0n) is 25.5. The summed E-state index contributed by atoms with van der Waals surface area (Å²) < 4.78 is 0. The van der Waals surface area contributed by atoms with Crippen molar-refractivity contribution in [2.24, 2.45) is 4.99 Å². The normalized spacial score (nSPS) is 24.7. The van der Waals surface area contributed by atoms with Gasteiger partial charge in [-0.15, -0.1) is 11.3 Å². The maximum Gasteiger partial charge on any atom is 0.265 e. The molecule has 1 aromatic heterocycles. The predicted octanol–water partition coefficient (Wildman–Crippen LogP) is 5.19. The lowest BCUT2D eigenvalue weighted by atomic mass is 9.99. The molecular weight excluding hydrogens is 572 g/mol. The summed E-state index contributed by atoms with van der Waals surface area (Å²) in [6, 6.07) is 15.3. The molecule has 3 N–H and O–H groups in total. The maximum absolute atomic E-state index is 13.3. The minimum Gasteiger partial charge on any atom is -0.367 e. The highest BCUT2D eigenvalue weighted by atomic mass is 32.1. The van der Waals surface area contributed by atoms with E-state index in [-0.39, 0.29) is 17.9 Å². The summed E-state index contributed by atoms with van der Waals surface area (Å²) in [4.78, 5) is 38.7. The topological polar surface area (TPSA) is 101 Å². The van der Waals surface area contributed by atoms with E-state index in [1.54, 1.807) is 28.2 Å². The molecule has 4 aliphatic rings. The van der Waals surface area contributed by atoms with E-state index in [0.717, 1.165) is 46.0 Å². The van der Waals surface area contributed by atoms with Crippen LogP contribution >= 0.6 is 11.3 Å². The van der Waals surface area contributed by atoms with Gasteiger partial charge < -0.3 is 25.5 Å². The second-order valence-corrected chi connectivity index (χ2v) is 13.6. The van der Waals surface area contributed by atoms with Crippen LogP contribution in [0.4, 0.5) is 11.4 Å². The summed E-state index contributed by atoms with van der Waals surface area (Å²) in [6.45, 7) is 3.52. The number of thiophene rings is 1. The first-order valence-electron chi connectivity index (χ1n) is 15.3. The number of aliphatic imine (C=N–C) groups is 1. The quantitative estimate of drug-likeness (QED) is 0.368. The van der Waals surface area contributed by atoms with Crippen molar-refractivity contribution in [1.82, 2.24) is 14.7 Å². The van der Waals surface area contributed by atoms with Crippen LogP contribution in [0.2, 0.25) is 0 Å². The lowest BCUT2D eigenvalue weighted by Crippen LogP contribution is -2.48. The summed E-state index contributed by atoms with van der Waals surface area (Å²) in [7, 11) is 5.61. The Balaban J connectivity index is 1.09. The van der Waals surface area contributed by atoms with Gasteiger partial charge >= 0.3 is 0 Å². The van der Waals surface area contributed by atoms with Gasteiger partial charge in [0, 0.05) is 55.2 Å². The van der Waals surface area contributed by atoms with Gasteiger partial charge in [0.25, 0.3) is 5.91 Å². The third-order valence-corrected chi connectivity index (χ3v) is 11.0. The number of benzene rings is 2. The molecule has 2 aliphatic heterocycles. The van der Waals surface area contributed by atoms with Gasteiger partial charge in [0.2, 0.25) is 5.91 Å². The van der Waals surface area contributed by atoms with E-state index in [0.29, 0.717) is 23.4 Å². The molecule has 2 bridgehead atoms. The van der Waals surface area contributed by atoms with E-state index in [4.69, 9.17) is 4.99 Å². The SMILES string of the molecule is Cc1c(NC(=O)c2cc3c(s2)C2CCC3C2)cccc1C1=CN(C)C(O)C(Nc2ccc(C3C(=O)N(C)CCN3C)cc2)=N1. The number of nitrogens with zero attached hydrogens (tertiary/aromatic N) is 4. The Hall–Kier alpha value is -3.99.